The molecule has 5 aromatic carbocycles. The van der Waals surface area contributed by atoms with Crippen LogP contribution in [0.4, 0.5) is 0 Å². The van der Waals surface area contributed by atoms with Crippen molar-refractivity contribution in [3.8, 4) is 45.3 Å². The lowest BCUT2D eigenvalue weighted by atomic mass is 10.0. The van der Waals surface area contributed by atoms with Crippen LogP contribution >= 0.6 is 0 Å². The van der Waals surface area contributed by atoms with Gasteiger partial charge in [0.25, 0.3) is 5.56 Å². The van der Waals surface area contributed by atoms with E-state index in [-0.39, 0.29) is 11.4 Å². The summed E-state index contributed by atoms with van der Waals surface area (Å²) in [5, 5.41) is 0.415. The predicted octanol–water partition coefficient (Wildman–Crippen LogP) is 7.45. The smallest absolute Gasteiger partial charge is 0.310 e. The Hall–Kier alpha value is -5.95. The second kappa shape index (κ2) is 9.60. The van der Waals surface area contributed by atoms with Crippen LogP contribution in [0.2, 0.25) is 0 Å². The number of imidazole rings is 1. The van der Waals surface area contributed by atoms with Gasteiger partial charge in [0.05, 0.1) is 16.4 Å². The fourth-order valence-electron chi connectivity index (χ4n) is 5.21. The van der Waals surface area contributed by atoms with Crippen molar-refractivity contribution in [3.63, 3.8) is 0 Å². The van der Waals surface area contributed by atoms with E-state index in [2.05, 4.69) is 29.2 Å². The summed E-state index contributed by atoms with van der Waals surface area (Å²) in [7, 11) is 0. The topological polar surface area (TPSA) is 86.2 Å². The van der Waals surface area contributed by atoms with Gasteiger partial charge in [-0.2, -0.15) is 4.98 Å². The largest absolute Gasteiger partial charge is 0.424 e. The van der Waals surface area contributed by atoms with Crippen LogP contribution in [0.3, 0.4) is 0 Å². The number of fused-ring (bicyclic) bond motifs is 4. The first kappa shape index (κ1) is 23.9. The number of aromatic nitrogens is 5. The maximum atomic E-state index is 13.7. The Bertz CT molecular complexity index is 2310. The van der Waals surface area contributed by atoms with Gasteiger partial charge in [0, 0.05) is 16.7 Å². The molecule has 0 aliphatic carbocycles. The highest BCUT2D eigenvalue weighted by Gasteiger charge is 2.16. The molecule has 0 spiro atoms. The molecular formula is C35H21N5O2. The van der Waals surface area contributed by atoms with Crippen LogP contribution < -0.4 is 5.56 Å². The van der Waals surface area contributed by atoms with E-state index in [0.29, 0.717) is 45.0 Å². The van der Waals surface area contributed by atoms with Crippen molar-refractivity contribution in [2.75, 3.05) is 0 Å². The lowest BCUT2D eigenvalue weighted by Gasteiger charge is -2.09. The molecule has 0 radical (unpaired) electrons. The van der Waals surface area contributed by atoms with E-state index in [4.69, 9.17) is 19.4 Å². The molecule has 0 aliphatic heterocycles. The second-order valence-electron chi connectivity index (χ2n) is 9.95. The Balaban J connectivity index is 1.29. The third-order valence-corrected chi connectivity index (χ3v) is 7.32. The summed E-state index contributed by atoms with van der Waals surface area (Å²) in [6.45, 7) is 0. The van der Waals surface area contributed by atoms with E-state index in [1.54, 1.807) is 12.1 Å². The summed E-state index contributed by atoms with van der Waals surface area (Å²) in [6, 6.07) is 41.1. The van der Waals surface area contributed by atoms with Gasteiger partial charge in [-0.05, 0) is 41.5 Å². The first-order valence-electron chi connectivity index (χ1n) is 13.5. The van der Waals surface area contributed by atoms with Crippen LogP contribution in [-0.4, -0.2) is 24.3 Å². The molecule has 0 unspecified atom stereocenters. The van der Waals surface area contributed by atoms with Crippen molar-refractivity contribution in [2.24, 2.45) is 0 Å². The molecule has 0 N–H and O–H groups in total. The van der Waals surface area contributed by atoms with Crippen molar-refractivity contribution in [3.05, 3.63) is 138 Å². The monoisotopic (exact) mass is 543 g/mol. The van der Waals surface area contributed by atoms with Gasteiger partial charge in [0.15, 0.2) is 17.5 Å². The number of benzene rings is 5. The number of nitrogens with zero attached hydrogens (tertiary/aromatic N) is 5. The molecule has 8 rings (SSSR count). The summed E-state index contributed by atoms with van der Waals surface area (Å²) in [4.78, 5) is 32.7. The minimum atomic E-state index is -0.212. The van der Waals surface area contributed by atoms with E-state index in [1.165, 1.54) is 4.40 Å². The predicted molar refractivity (Wildman–Crippen MR) is 164 cm³/mol. The van der Waals surface area contributed by atoms with Crippen LogP contribution in [0.1, 0.15) is 0 Å². The number of para-hydroxylation sites is 2. The van der Waals surface area contributed by atoms with Gasteiger partial charge in [-0.3, -0.25) is 4.79 Å². The molecule has 42 heavy (non-hydrogen) atoms. The Morgan fingerprint density at radius 1 is 0.500 bits per heavy atom. The minimum Gasteiger partial charge on any atom is -0.424 e. The third-order valence-electron chi connectivity index (χ3n) is 7.32. The van der Waals surface area contributed by atoms with Gasteiger partial charge in [0.2, 0.25) is 0 Å². The Morgan fingerprint density at radius 3 is 1.74 bits per heavy atom. The molecule has 0 fully saturated rings. The van der Waals surface area contributed by atoms with Gasteiger partial charge >= 0.3 is 5.84 Å². The highest BCUT2D eigenvalue weighted by molar-refractivity contribution is 5.86. The number of hydrogen-bond donors (Lipinski definition) is 0. The van der Waals surface area contributed by atoms with E-state index < -0.39 is 0 Å². The molecule has 0 saturated carbocycles. The highest BCUT2D eigenvalue weighted by Crippen LogP contribution is 2.28. The van der Waals surface area contributed by atoms with Crippen LogP contribution in [0.15, 0.2) is 137 Å². The minimum absolute atomic E-state index is 0.212. The molecule has 3 heterocycles. The summed E-state index contributed by atoms with van der Waals surface area (Å²) in [5.41, 5.74) is 6.29. The summed E-state index contributed by atoms with van der Waals surface area (Å²) in [6.07, 6.45) is 0. The standard InChI is InChI=1S/C35H21N5O2/c41-34-27-21-26(19-20-30(27)42-35-36-28-13-7-8-14-29(28)40(34)35)33-38-31(24-11-5-2-6-12-24)37-32(39-33)25-17-15-23(16-18-25)22-9-3-1-4-10-22/h1-21H. The van der Waals surface area contributed by atoms with Gasteiger partial charge in [0.1, 0.15) is 5.58 Å². The van der Waals surface area contributed by atoms with Crippen molar-refractivity contribution in [2.45, 2.75) is 0 Å². The molecule has 0 bridgehead atoms. The molecule has 0 amide bonds. The Labute approximate surface area is 239 Å². The van der Waals surface area contributed by atoms with Crippen LogP contribution in [-0.2, 0) is 0 Å². The fraction of sp³-hybridized carbons (Fsp3) is 0. The number of hydrogen-bond acceptors (Lipinski definition) is 6. The van der Waals surface area contributed by atoms with Gasteiger partial charge in [-0.1, -0.05) is 97.1 Å². The zero-order valence-electron chi connectivity index (χ0n) is 22.2. The molecule has 3 aromatic heterocycles. The molecular weight excluding hydrogens is 522 g/mol. The van der Waals surface area contributed by atoms with Gasteiger partial charge in [-0.25, -0.2) is 19.4 Å². The molecule has 7 nitrogen and oxygen atoms in total. The molecule has 0 aliphatic rings. The lowest BCUT2D eigenvalue weighted by Crippen LogP contribution is -2.12. The molecule has 0 saturated heterocycles. The first-order chi connectivity index (χ1) is 20.7. The van der Waals surface area contributed by atoms with E-state index in [1.807, 2.05) is 91.0 Å². The Morgan fingerprint density at radius 2 is 1.02 bits per heavy atom. The van der Waals surface area contributed by atoms with Gasteiger partial charge < -0.3 is 4.42 Å². The Kier molecular flexibility index (Phi) is 5.46. The van der Waals surface area contributed by atoms with Crippen molar-refractivity contribution >= 4 is 27.8 Å². The average Bonchev–Trinajstić information content (AvgIpc) is 3.44. The maximum Gasteiger partial charge on any atom is 0.310 e. The third kappa shape index (κ3) is 4.03. The van der Waals surface area contributed by atoms with E-state index in [9.17, 15) is 4.79 Å². The van der Waals surface area contributed by atoms with Crippen molar-refractivity contribution in [1.29, 1.82) is 0 Å². The van der Waals surface area contributed by atoms with Crippen molar-refractivity contribution < 1.29 is 4.42 Å². The highest BCUT2D eigenvalue weighted by atomic mass is 16.4. The summed E-state index contributed by atoms with van der Waals surface area (Å²) in [5.74, 6) is 1.81. The normalized spacial score (nSPS) is 11.4. The van der Waals surface area contributed by atoms with E-state index in [0.717, 1.165) is 22.3 Å². The summed E-state index contributed by atoms with van der Waals surface area (Å²) >= 11 is 0. The molecule has 198 valence electrons. The lowest BCUT2D eigenvalue weighted by molar-refractivity contribution is 0.616. The second-order valence-corrected chi connectivity index (χ2v) is 9.95. The van der Waals surface area contributed by atoms with E-state index >= 15 is 0 Å². The van der Waals surface area contributed by atoms with Crippen LogP contribution in [0.5, 0.6) is 0 Å². The fourth-order valence-corrected chi connectivity index (χ4v) is 5.21. The first-order valence-corrected chi connectivity index (χ1v) is 13.5. The molecule has 8 aromatic rings. The zero-order chi connectivity index (χ0) is 28.0. The number of rotatable bonds is 4. The SMILES string of the molecule is O=c1c2cc(-c3nc(-c4ccccc4)nc(-c4ccc(-c5ccccc5)cc4)n3)ccc2oc2nc3ccccc3n12. The molecule has 7 heteroatoms. The van der Waals surface area contributed by atoms with Crippen LogP contribution in [0, 0.1) is 0 Å². The molecule has 0 atom stereocenters. The maximum absolute atomic E-state index is 13.7. The average molecular weight is 544 g/mol. The zero-order valence-corrected chi connectivity index (χ0v) is 22.2. The quantitative estimate of drug-likeness (QED) is 0.229. The van der Waals surface area contributed by atoms with Crippen molar-refractivity contribution in [1.82, 2.24) is 24.3 Å². The van der Waals surface area contributed by atoms with Gasteiger partial charge in [-0.15, -0.1) is 0 Å². The van der Waals surface area contributed by atoms with Crippen LogP contribution in [0.25, 0.3) is 73.1 Å². The summed E-state index contributed by atoms with van der Waals surface area (Å²) < 4.78 is 7.54.